The molecule has 0 radical (unpaired) electrons. The van der Waals surface area contributed by atoms with Crippen molar-refractivity contribution < 1.29 is 13.9 Å². The third-order valence-electron chi connectivity index (χ3n) is 4.78. The molecule has 1 atom stereocenters. The van der Waals surface area contributed by atoms with Crippen molar-refractivity contribution in [2.24, 2.45) is 0 Å². The molecule has 7 heteroatoms. The molecule has 0 saturated carbocycles. The number of aromatic hydroxyl groups is 1. The quantitative estimate of drug-likeness (QED) is 0.413. The number of hydrogen-bond acceptors (Lipinski definition) is 3. The Balaban J connectivity index is 1.88. The van der Waals surface area contributed by atoms with E-state index in [9.17, 15) is 13.9 Å². The van der Waals surface area contributed by atoms with Gasteiger partial charge >= 0.3 is 0 Å². The minimum Gasteiger partial charge on any atom is -0.505 e. The molecule has 146 valence electrons. The third kappa shape index (κ3) is 3.88. The van der Waals surface area contributed by atoms with E-state index < -0.39 is 17.6 Å². The molecule has 0 saturated heterocycles. The summed E-state index contributed by atoms with van der Waals surface area (Å²) in [5, 5.41) is 12.4. The van der Waals surface area contributed by atoms with Gasteiger partial charge in [-0.15, -0.1) is 0 Å². The maximum Gasteiger partial charge on any atom is 0.147 e. The molecule has 2 heterocycles. The van der Waals surface area contributed by atoms with E-state index in [1.54, 1.807) is 36.5 Å². The standard InChI is InChI=1S/C22H14Cl2F2N2O/c23-17-6-4-13(8-18(17)24)16(10-20-19(26)9-14(25)11-28-20)15-5-3-12-2-1-7-27-21(12)22(15)29/h1-9,11,16,29H,10H2. The maximum absolute atomic E-state index is 14.3. The van der Waals surface area contributed by atoms with E-state index in [4.69, 9.17) is 23.2 Å². The maximum atomic E-state index is 14.3. The number of benzene rings is 2. The summed E-state index contributed by atoms with van der Waals surface area (Å²) in [5.41, 5.74) is 1.74. The second-order valence-electron chi connectivity index (χ2n) is 6.59. The zero-order chi connectivity index (χ0) is 20.5. The van der Waals surface area contributed by atoms with Crippen LogP contribution in [0.2, 0.25) is 10.0 Å². The molecule has 4 rings (SSSR count). The number of halogens is 4. The predicted molar refractivity (Wildman–Crippen MR) is 110 cm³/mol. The number of rotatable bonds is 4. The largest absolute Gasteiger partial charge is 0.505 e. The lowest BCUT2D eigenvalue weighted by Gasteiger charge is -2.20. The lowest BCUT2D eigenvalue weighted by molar-refractivity contribution is 0.468. The van der Waals surface area contributed by atoms with Gasteiger partial charge < -0.3 is 5.11 Å². The summed E-state index contributed by atoms with van der Waals surface area (Å²) in [6.45, 7) is 0. The molecule has 4 aromatic rings. The highest BCUT2D eigenvalue weighted by Gasteiger charge is 2.23. The molecule has 1 N–H and O–H groups in total. The first kappa shape index (κ1) is 19.6. The van der Waals surface area contributed by atoms with Crippen LogP contribution < -0.4 is 0 Å². The normalized spacial score (nSPS) is 12.3. The van der Waals surface area contributed by atoms with Gasteiger partial charge in [-0.2, -0.15) is 0 Å². The fourth-order valence-electron chi connectivity index (χ4n) is 3.35. The van der Waals surface area contributed by atoms with E-state index in [1.165, 1.54) is 0 Å². The molecule has 3 nitrogen and oxygen atoms in total. The van der Waals surface area contributed by atoms with Crippen LogP contribution in [0, 0.1) is 11.6 Å². The molecule has 0 aliphatic heterocycles. The van der Waals surface area contributed by atoms with Crippen LogP contribution in [0.15, 0.2) is 60.9 Å². The van der Waals surface area contributed by atoms with Crippen molar-refractivity contribution in [2.75, 3.05) is 0 Å². The first-order chi connectivity index (χ1) is 13.9. The van der Waals surface area contributed by atoms with Crippen LogP contribution in [-0.4, -0.2) is 15.1 Å². The van der Waals surface area contributed by atoms with E-state index in [0.717, 1.165) is 17.6 Å². The molecule has 0 amide bonds. The smallest absolute Gasteiger partial charge is 0.147 e. The highest BCUT2D eigenvalue weighted by molar-refractivity contribution is 6.42. The first-order valence-corrected chi connectivity index (χ1v) is 9.51. The molecule has 2 aromatic heterocycles. The minimum absolute atomic E-state index is 0.0123. The average molecular weight is 431 g/mol. The lowest BCUT2D eigenvalue weighted by atomic mass is 9.86. The summed E-state index contributed by atoms with van der Waals surface area (Å²) >= 11 is 12.2. The SMILES string of the molecule is Oc1c(C(Cc2ncc(F)cc2F)c2ccc(Cl)c(Cl)c2)ccc2cccnc12. The molecular weight excluding hydrogens is 417 g/mol. The fourth-order valence-corrected chi connectivity index (χ4v) is 3.66. The molecule has 0 bridgehead atoms. The lowest BCUT2D eigenvalue weighted by Crippen LogP contribution is -2.09. The Morgan fingerprint density at radius 3 is 2.55 bits per heavy atom. The van der Waals surface area contributed by atoms with Gasteiger partial charge in [0.25, 0.3) is 0 Å². The molecule has 2 aromatic carbocycles. The van der Waals surface area contributed by atoms with Gasteiger partial charge in [-0.1, -0.05) is 47.5 Å². The first-order valence-electron chi connectivity index (χ1n) is 8.75. The zero-order valence-electron chi connectivity index (χ0n) is 14.9. The van der Waals surface area contributed by atoms with Crippen LogP contribution in [-0.2, 0) is 6.42 Å². The molecular formula is C22H14Cl2F2N2O. The molecule has 0 aliphatic rings. The van der Waals surface area contributed by atoms with Gasteiger partial charge in [-0.05, 0) is 23.8 Å². The molecule has 0 spiro atoms. The van der Waals surface area contributed by atoms with Crippen molar-refractivity contribution in [1.82, 2.24) is 9.97 Å². The number of pyridine rings is 2. The number of hydrogen-bond donors (Lipinski definition) is 1. The Bertz CT molecular complexity index is 1220. The number of nitrogens with zero attached hydrogens (tertiary/aromatic N) is 2. The van der Waals surface area contributed by atoms with E-state index in [2.05, 4.69) is 9.97 Å². The molecule has 29 heavy (non-hydrogen) atoms. The van der Waals surface area contributed by atoms with Crippen molar-refractivity contribution in [1.29, 1.82) is 0 Å². The highest BCUT2D eigenvalue weighted by Crippen LogP contribution is 2.39. The van der Waals surface area contributed by atoms with Crippen LogP contribution in [0.3, 0.4) is 0 Å². The summed E-state index contributed by atoms with van der Waals surface area (Å²) in [5.74, 6) is -2.03. The number of aromatic nitrogens is 2. The Hall–Kier alpha value is -2.76. The van der Waals surface area contributed by atoms with Crippen LogP contribution in [0.5, 0.6) is 5.75 Å². The van der Waals surface area contributed by atoms with Gasteiger partial charge in [0, 0.05) is 35.6 Å². The van der Waals surface area contributed by atoms with Gasteiger partial charge in [0.15, 0.2) is 0 Å². The van der Waals surface area contributed by atoms with Gasteiger partial charge in [0.1, 0.15) is 22.9 Å². The second kappa shape index (κ2) is 7.93. The predicted octanol–water partition coefficient (Wildman–Crippen LogP) is 6.30. The Kier molecular flexibility index (Phi) is 5.35. The van der Waals surface area contributed by atoms with Gasteiger partial charge in [-0.25, -0.2) is 8.78 Å². The van der Waals surface area contributed by atoms with Crippen LogP contribution >= 0.6 is 23.2 Å². The third-order valence-corrected chi connectivity index (χ3v) is 5.52. The van der Waals surface area contributed by atoms with Gasteiger partial charge in [0.05, 0.1) is 21.9 Å². The number of fused-ring (bicyclic) bond motifs is 1. The summed E-state index contributed by atoms with van der Waals surface area (Å²) in [6.07, 6.45) is 2.63. The topological polar surface area (TPSA) is 46.0 Å². The molecule has 0 fully saturated rings. The van der Waals surface area contributed by atoms with Gasteiger partial charge in [-0.3, -0.25) is 9.97 Å². The molecule has 1 unspecified atom stereocenters. The summed E-state index contributed by atoms with van der Waals surface area (Å²) in [4.78, 5) is 8.14. The van der Waals surface area contributed by atoms with E-state index >= 15 is 0 Å². The van der Waals surface area contributed by atoms with Crippen molar-refractivity contribution >= 4 is 34.1 Å². The number of phenolic OH excluding ortho intramolecular Hbond substituents is 1. The Labute approximate surface area is 175 Å². The van der Waals surface area contributed by atoms with Crippen molar-refractivity contribution in [3.05, 3.63) is 99.4 Å². The zero-order valence-corrected chi connectivity index (χ0v) is 16.4. The van der Waals surface area contributed by atoms with Crippen molar-refractivity contribution in [3.8, 4) is 5.75 Å². The minimum atomic E-state index is -0.756. The molecule has 0 aliphatic carbocycles. The Morgan fingerprint density at radius 1 is 0.966 bits per heavy atom. The Morgan fingerprint density at radius 2 is 1.79 bits per heavy atom. The van der Waals surface area contributed by atoms with Crippen molar-refractivity contribution in [2.45, 2.75) is 12.3 Å². The van der Waals surface area contributed by atoms with Gasteiger partial charge in [0.2, 0.25) is 0 Å². The second-order valence-corrected chi connectivity index (χ2v) is 7.41. The average Bonchev–Trinajstić information content (AvgIpc) is 2.71. The van der Waals surface area contributed by atoms with E-state index in [0.29, 0.717) is 26.7 Å². The highest BCUT2D eigenvalue weighted by atomic mass is 35.5. The van der Waals surface area contributed by atoms with Crippen LogP contribution in [0.1, 0.15) is 22.7 Å². The van der Waals surface area contributed by atoms with Crippen LogP contribution in [0.25, 0.3) is 10.9 Å². The summed E-state index contributed by atoms with van der Waals surface area (Å²) in [7, 11) is 0. The fraction of sp³-hybridized carbons (Fsp3) is 0.0909. The summed E-state index contributed by atoms with van der Waals surface area (Å²) < 4.78 is 27.6. The number of phenols is 1. The van der Waals surface area contributed by atoms with E-state index in [-0.39, 0.29) is 17.9 Å². The monoisotopic (exact) mass is 430 g/mol. The van der Waals surface area contributed by atoms with Crippen molar-refractivity contribution in [3.63, 3.8) is 0 Å². The summed E-state index contributed by atoms with van der Waals surface area (Å²) in [6, 6.07) is 13.0. The van der Waals surface area contributed by atoms with Crippen LogP contribution in [0.4, 0.5) is 8.78 Å². The van der Waals surface area contributed by atoms with E-state index in [1.807, 2.05) is 12.1 Å².